The van der Waals surface area contributed by atoms with Crippen LogP contribution in [0.15, 0.2) is 18.2 Å². The summed E-state index contributed by atoms with van der Waals surface area (Å²) in [4.78, 5) is 0. The van der Waals surface area contributed by atoms with Crippen LogP contribution in [0.25, 0.3) is 0 Å². The van der Waals surface area contributed by atoms with Gasteiger partial charge in [0.1, 0.15) is 16.8 Å². The zero-order valence-corrected chi connectivity index (χ0v) is 7.32. The van der Waals surface area contributed by atoms with E-state index in [1.165, 1.54) is 24.5 Å². The molecule has 0 bridgehead atoms. The third kappa shape index (κ3) is 2.20. The van der Waals surface area contributed by atoms with Crippen LogP contribution in [0.1, 0.15) is 0 Å². The summed E-state index contributed by atoms with van der Waals surface area (Å²) >= 11 is 0. The summed E-state index contributed by atoms with van der Waals surface area (Å²) in [5.41, 5.74) is 5.88. The molecule has 0 aliphatic rings. The molecule has 12 heavy (non-hydrogen) atoms. The maximum atomic E-state index is 12.6. The zero-order valence-electron chi connectivity index (χ0n) is 6.50. The number of nitrogens with two attached hydrogens (primary N) is 1. The Morgan fingerprint density at radius 1 is 1.58 bits per heavy atom. The molecule has 1 unspecified atom stereocenters. The lowest BCUT2D eigenvalue weighted by Gasteiger charge is -2.03. The Kier molecular flexibility index (Phi) is 2.65. The molecule has 3 nitrogen and oxygen atoms in total. The minimum absolute atomic E-state index is 0.0467. The van der Waals surface area contributed by atoms with Gasteiger partial charge in [0.2, 0.25) is 0 Å². The van der Waals surface area contributed by atoms with E-state index in [0.717, 1.165) is 0 Å². The second kappa shape index (κ2) is 3.53. The molecular weight excluding hydrogens is 179 g/mol. The van der Waals surface area contributed by atoms with E-state index in [1.54, 1.807) is 0 Å². The Morgan fingerprint density at radius 2 is 2.25 bits per heavy atom. The largest absolute Gasteiger partial charge is 0.396 e. The smallest absolute Gasteiger partial charge is 0.146 e. The van der Waals surface area contributed by atoms with Crippen molar-refractivity contribution in [2.45, 2.75) is 0 Å². The third-order valence-electron chi connectivity index (χ3n) is 1.26. The SMILES string of the molecule is CS(=O)Nc1ccc(F)c(N)c1. The molecule has 0 aliphatic heterocycles. The predicted octanol–water partition coefficient (Wildman–Crippen LogP) is 1.11. The van der Waals surface area contributed by atoms with Crippen molar-refractivity contribution >= 4 is 22.4 Å². The summed E-state index contributed by atoms with van der Waals surface area (Å²) in [6.07, 6.45) is 1.49. The molecule has 0 aliphatic carbocycles. The van der Waals surface area contributed by atoms with Gasteiger partial charge in [0.15, 0.2) is 0 Å². The van der Waals surface area contributed by atoms with Crippen molar-refractivity contribution < 1.29 is 8.60 Å². The summed E-state index contributed by atoms with van der Waals surface area (Å²) < 4.78 is 25.9. The molecule has 0 saturated heterocycles. The lowest BCUT2D eigenvalue weighted by molar-refractivity contribution is 0.632. The molecule has 0 spiro atoms. The van der Waals surface area contributed by atoms with Crippen LogP contribution in [0, 0.1) is 5.82 Å². The number of benzene rings is 1. The number of rotatable bonds is 2. The Balaban J connectivity index is 2.89. The minimum atomic E-state index is -1.16. The first-order valence-corrected chi connectivity index (χ1v) is 4.80. The van der Waals surface area contributed by atoms with Gasteiger partial charge in [-0.25, -0.2) is 8.60 Å². The molecule has 0 amide bonds. The summed E-state index contributed by atoms with van der Waals surface area (Å²) in [7, 11) is -1.16. The molecule has 1 aromatic rings. The van der Waals surface area contributed by atoms with Crippen molar-refractivity contribution in [3.8, 4) is 0 Å². The maximum absolute atomic E-state index is 12.6. The summed E-state index contributed by atoms with van der Waals surface area (Å²) in [6.45, 7) is 0. The quantitative estimate of drug-likeness (QED) is 0.683. The van der Waals surface area contributed by atoms with E-state index in [4.69, 9.17) is 5.73 Å². The Morgan fingerprint density at radius 3 is 2.75 bits per heavy atom. The lowest BCUT2D eigenvalue weighted by Crippen LogP contribution is -2.02. The molecule has 0 aromatic heterocycles. The van der Waals surface area contributed by atoms with E-state index in [2.05, 4.69) is 4.72 Å². The first-order chi connectivity index (χ1) is 5.59. The number of halogens is 1. The Labute approximate surface area is 72.4 Å². The second-order valence-corrected chi connectivity index (χ2v) is 3.40. The Bertz CT molecular complexity index is 316. The van der Waals surface area contributed by atoms with E-state index >= 15 is 0 Å². The highest BCUT2D eigenvalue weighted by molar-refractivity contribution is 7.85. The van der Waals surface area contributed by atoms with Crippen LogP contribution in [0.4, 0.5) is 15.8 Å². The molecule has 0 radical (unpaired) electrons. The third-order valence-corrected chi connectivity index (χ3v) is 1.78. The highest BCUT2D eigenvalue weighted by Gasteiger charge is 1.99. The van der Waals surface area contributed by atoms with Crippen LogP contribution in [0.2, 0.25) is 0 Å². The van der Waals surface area contributed by atoms with Crippen molar-refractivity contribution in [3.63, 3.8) is 0 Å². The highest BCUT2D eigenvalue weighted by Crippen LogP contribution is 2.16. The first-order valence-electron chi connectivity index (χ1n) is 3.24. The molecule has 5 heteroatoms. The highest BCUT2D eigenvalue weighted by atomic mass is 32.2. The normalized spacial score (nSPS) is 12.5. The maximum Gasteiger partial charge on any atom is 0.146 e. The van der Waals surface area contributed by atoms with Crippen LogP contribution in [0.3, 0.4) is 0 Å². The van der Waals surface area contributed by atoms with Gasteiger partial charge in [-0.05, 0) is 18.2 Å². The monoisotopic (exact) mass is 188 g/mol. The Hall–Kier alpha value is -1.10. The summed E-state index contributed by atoms with van der Waals surface area (Å²) in [5, 5.41) is 0. The number of nitrogens with one attached hydrogen (secondary N) is 1. The minimum Gasteiger partial charge on any atom is -0.396 e. The van der Waals surface area contributed by atoms with Gasteiger partial charge in [0.05, 0.1) is 5.69 Å². The van der Waals surface area contributed by atoms with Crippen LogP contribution in [-0.2, 0) is 11.0 Å². The molecule has 3 N–H and O–H groups in total. The standard InChI is InChI=1S/C7H9FN2OS/c1-12(11)10-5-2-3-6(8)7(9)4-5/h2-4,10H,9H2,1H3. The van der Waals surface area contributed by atoms with Crippen LogP contribution in [-0.4, -0.2) is 10.5 Å². The topological polar surface area (TPSA) is 55.1 Å². The average Bonchev–Trinajstić information content (AvgIpc) is 1.96. The van der Waals surface area contributed by atoms with Gasteiger partial charge in [0, 0.05) is 11.9 Å². The number of anilines is 2. The molecule has 1 atom stereocenters. The van der Waals surface area contributed by atoms with Gasteiger partial charge < -0.3 is 10.5 Å². The van der Waals surface area contributed by atoms with Crippen LogP contribution >= 0.6 is 0 Å². The fourth-order valence-corrected chi connectivity index (χ4v) is 1.23. The van der Waals surface area contributed by atoms with E-state index in [0.29, 0.717) is 5.69 Å². The van der Waals surface area contributed by atoms with Crippen LogP contribution < -0.4 is 10.5 Å². The fraction of sp³-hybridized carbons (Fsp3) is 0.143. The molecule has 0 saturated carbocycles. The van der Waals surface area contributed by atoms with Gasteiger partial charge in [-0.1, -0.05) is 0 Å². The molecular formula is C7H9FN2OS. The van der Waals surface area contributed by atoms with E-state index in [9.17, 15) is 8.60 Å². The molecule has 0 fully saturated rings. The van der Waals surface area contributed by atoms with E-state index < -0.39 is 16.8 Å². The summed E-state index contributed by atoms with van der Waals surface area (Å²) in [5.74, 6) is -0.470. The van der Waals surface area contributed by atoms with Crippen molar-refractivity contribution in [1.29, 1.82) is 0 Å². The lowest BCUT2D eigenvalue weighted by atomic mass is 10.3. The average molecular weight is 188 g/mol. The predicted molar refractivity (Wildman–Crippen MR) is 48.5 cm³/mol. The first kappa shape index (κ1) is 8.99. The van der Waals surface area contributed by atoms with Gasteiger partial charge in [-0.2, -0.15) is 0 Å². The zero-order chi connectivity index (χ0) is 9.14. The molecule has 0 heterocycles. The molecule has 1 rings (SSSR count). The van der Waals surface area contributed by atoms with Gasteiger partial charge >= 0.3 is 0 Å². The van der Waals surface area contributed by atoms with Crippen molar-refractivity contribution in [2.75, 3.05) is 16.7 Å². The van der Waals surface area contributed by atoms with E-state index in [-0.39, 0.29) is 5.69 Å². The van der Waals surface area contributed by atoms with Gasteiger partial charge in [0.25, 0.3) is 0 Å². The number of hydrogen-bond acceptors (Lipinski definition) is 2. The van der Waals surface area contributed by atoms with Crippen molar-refractivity contribution in [1.82, 2.24) is 0 Å². The summed E-state index contributed by atoms with van der Waals surface area (Å²) in [6, 6.07) is 4.11. The molecule has 66 valence electrons. The number of nitrogen functional groups attached to an aromatic ring is 1. The van der Waals surface area contributed by atoms with Gasteiger partial charge in [-0.15, -0.1) is 0 Å². The van der Waals surface area contributed by atoms with E-state index in [1.807, 2.05) is 0 Å². The molecule has 1 aromatic carbocycles. The van der Waals surface area contributed by atoms with Crippen LogP contribution in [0.5, 0.6) is 0 Å². The van der Waals surface area contributed by atoms with Gasteiger partial charge in [-0.3, -0.25) is 0 Å². The van der Waals surface area contributed by atoms with Crippen molar-refractivity contribution in [2.24, 2.45) is 0 Å². The van der Waals surface area contributed by atoms with Crippen molar-refractivity contribution in [3.05, 3.63) is 24.0 Å². The fourth-order valence-electron chi connectivity index (χ4n) is 0.773. The second-order valence-electron chi connectivity index (χ2n) is 2.29. The number of hydrogen-bond donors (Lipinski definition) is 2.